The van der Waals surface area contributed by atoms with Gasteiger partial charge in [0.15, 0.2) is 11.3 Å². The third kappa shape index (κ3) is 5.81. The van der Waals surface area contributed by atoms with Crippen molar-refractivity contribution in [3.63, 3.8) is 0 Å². The van der Waals surface area contributed by atoms with Crippen LogP contribution in [0.5, 0.6) is 0 Å². The molecule has 214 valence electrons. The highest BCUT2D eigenvalue weighted by Gasteiger charge is 2.28. The SMILES string of the molecule is CN(C)C(=O)c1cc(CN2CCc3c(F)cc(F)cc32)c2oc(N3CCO[C@H](COS(C)(=O)=O)C3)cc(=O)c2c1. The molecule has 0 N–H and O–H groups in total. The minimum Gasteiger partial charge on any atom is -0.440 e. The number of halogens is 2. The zero-order valence-corrected chi connectivity index (χ0v) is 23.1. The number of benzene rings is 2. The molecule has 0 spiro atoms. The standard InChI is InChI=1S/C27H29F2N3O7S/c1-30(2)27(34)16-8-17(13-31-5-4-20-22(29)10-18(28)11-23(20)31)26-21(9-16)24(33)12-25(39-26)32-6-7-37-19(14-32)15-38-40(3,35)36/h8-12,19H,4-7,13-15H2,1-3H3/t19-/m0/s1. The molecule has 13 heteroatoms. The van der Waals surface area contributed by atoms with E-state index in [4.69, 9.17) is 13.3 Å². The van der Waals surface area contributed by atoms with Crippen LogP contribution in [0.15, 0.2) is 39.5 Å². The summed E-state index contributed by atoms with van der Waals surface area (Å²) in [6.07, 6.45) is 0.763. The van der Waals surface area contributed by atoms with E-state index in [1.165, 1.54) is 23.1 Å². The van der Waals surface area contributed by atoms with Gasteiger partial charge in [-0.3, -0.25) is 13.8 Å². The Hall–Kier alpha value is -3.55. The molecule has 5 rings (SSSR count). The van der Waals surface area contributed by atoms with Crippen LogP contribution in [0.25, 0.3) is 11.0 Å². The second-order valence-corrected chi connectivity index (χ2v) is 11.8. The van der Waals surface area contributed by atoms with Crippen molar-refractivity contribution in [3.8, 4) is 0 Å². The molecule has 0 radical (unpaired) electrons. The molecule has 1 saturated heterocycles. The lowest BCUT2D eigenvalue weighted by Crippen LogP contribution is -2.45. The Balaban J connectivity index is 1.55. The van der Waals surface area contributed by atoms with E-state index in [0.29, 0.717) is 36.3 Å². The zero-order chi connectivity index (χ0) is 28.8. The summed E-state index contributed by atoms with van der Waals surface area (Å²) in [4.78, 5) is 31.2. The van der Waals surface area contributed by atoms with Crippen molar-refractivity contribution in [3.05, 3.63) is 68.9 Å². The molecule has 10 nitrogen and oxygen atoms in total. The summed E-state index contributed by atoms with van der Waals surface area (Å²) in [5.74, 6) is -1.38. The summed E-state index contributed by atoms with van der Waals surface area (Å²) in [5, 5.41) is 0.196. The number of anilines is 2. The van der Waals surface area contributed by atoms with Gasteiger partial charge in [0.05, 0.1) is 31.0 Å². The molecule has 0 bridgehead atoms. The van der Waals surface area contributed by atoms with Crippen LogP contribution in [0.3, 0.4) is 0 Å². The molecule has 0 saturated carbocycles. The molecule has 0 unspecified atom stereocenters. The van der Waals surface area contributed by atoms with E-state index < -0.39 is 27.9 Å². The van der Waals surface area contributed by atoms with Gasteiger partial charge in [0, 0.05) is 74.8 Å². The van der Waals surface area contributed by atoms with Gasteiger partial charge >= 0.3 is 0 Å². The minimum atomic E-state index is -3.66. The van der Waals surface area contributed by atoms with E-state index in [9.17, 15) is 26.8 Å². The van der Waals surface area contributed by atoms with Crippen molar-refractivity contribution in [1.82, 2.24) is 4.90 Å². The van der Waals surface area contributed by atoms with Crippen LogP contribution >= 0.6 is 0 Å². The molecule has 2 aliphatic heterocycles. The first-order valence-corrected chi connectivity index (χ1v) is 14.5. The predicted molar refractivity (Wildman–Crippen MR) is 144 cm³/mol. The lowest BCUT2D eigenvalue weighted by atomic mass is 10.0. The van der Waals surface area contributed by atoms with Gasteiger partial charge in [-0.25, -0.2) is 8.78 Å². The Labute approximate surface area is 229 Å². The summed E-state index contributed by atoms with van der Waals surface area (Å²) in [6.45, 7) is 1.23. The quantitative estimate of drug-likeness (QED) is 0.392. The van der Waals surface area contributed by atoms with E-state index in [-0.39, 0.29) is 60.1 Å². The van der Waals surface area contributed by atoms with Crippen molar-refractivity contribution in [2.45, 2.75) is 19.1 Å². The molecule has 1 fully saturated rings. The van der Waals surface area contributed by atoms with Crippen molar-refractivity contribution in [1.29, 1.82) is 0 Å². The van der Waals surface area contributed by atoms with Crippen LogP contribution in [-0.2, 0) is 32.0 Å². The van der Waals surface area contributed by atoms with Gasteiger partial charge in [-0.15, -0.1) is 0 Å². The minimum absolute atomic E-state index is 0.140. The molecular formula is C27H29F2N3O7S. The summed E-state index contributed by atoms with van der Waals surface area (Å²) in [6, 6.07) is 6.57. The number of carbonyl (C=O) groups is 1. The van der Waals surface area contributed by atoms with Crippen molar-refractivity contribution >= 4 is 38.6 Å². The topological polar surface area (TPSA) is 110 Å². The van der Waals surface area contributed by atoms with Crippen LogP contribution in [0.4, 0.5) is 20.4 Å². The Morgan fingerprint density at radius 1 is 1.15 bits per heavy atom. The number of ether oxygens (including phenoxy) is 1. The second kappa shape index (κ2) is 10.8. The summed E-state index contributed by atoms with van der Waals surface area (Å²) in [5.41, 5.74) is 1.48. The molecule has 2 aliphatic rings. The number of hydrogen-bond acceptors (Lipinski definition) is 9. The number of carbonyl (C=O) groups excluding carboxylic acids is 1. The van der Waals surface area contributed by atoms with Crippen LogP contribution in [-0.4, -0.2) is 78.5 Å². The fourth-order valence-electron chi connectivity index (χ4n) is 5.05. The molecule has 1 aromatic heterocycles. The van der Waals surface area contributed by atoms with Gasteiger partial charge in [0.2, 0.25) is 0 Å². The highest BCUT2D eigenvalue weighted by molar-refractivity contribution is 7.85. The first-order chi connectivity index (χ1) is 18.9. The van der Waals surface area contributed by atoms with Crippen molar-refractivity contribution in [2.75, 3.05) is 63.0 Å². The highest BCUT2D eigenvalue weighted by Crippen LogP contribution is 2.34. The van der Waals surface area contributed by atoms with Gasteiger partial charge in [0.25, 0.3) is 16.0 Å². The molecule has 0 aliphatic carbocycles. The lowest BCUT2D eigenvalue weighted by Gasteiger charge is -2.33. The molecular weight excluding hydrogens is 548 g/mol. The molecule has 2 aromatic carbocycles. The third-order valence-electron chi connectivity index (χ3n) is 6.93. The van der Waals surface area contributed by atoms with E-state index in [2.05, 4.69) is 0 Å². The number of rotatable bonds is 7. The summed E-state index contributed by atoms with van der Waals surface area (Å²) >= 11 is 0. The number of morpholine rings is 1. The van der Waals surface area contributed by atoms with E-state index in [1.807, 2.05) is 0 Å². The van der Waals surface area contributed by atoms with Crippen LogP contribution in [0.1, 0.15) is 21.5 Å². The largest absolute Gasteiger partial charge is 0.440 e. The lowest BCUT2D eigenvalue weighted by molar-refractivity contribution is 0.0109. The average molecular weight is 578 g/mol. The normalized spacial score (nSPS) is 17.4. The maximum Gasteiger partial charge on any atom is 0.264 e. The van der Waals surface area contributed by atoms with Gasteiger partial charge in [-0.2, -0.15) is 8.42 Å². The second-order valence-electron chi connectivity index (χ2n) is 10.1. The van der Waals surface area contributed by atoms with Gasteiger partial charge in [0.1, 0.15) is 17.2 Å². The van der Waals surface area contributed by atoms with Crippen LogP contribution in [0, 0.1) is 11.6 Å². The summed E-state index contributed by atoms with van der Waals surface area (Å²) < 4.78 is 68.0. The van der Waals surface area contributed by atoms with Crippen molar-refractivity contribution in [2.24, 2.45) is 0 Å². The Bertz CT molecular complexity index is 1640. The smallest absolute Gasteiger partial charge is 0.264 e. The number of nitrogens with zero attached hydrogens (tertiary/aromatic N) is 3. The predicted octanol–water partition coefficient (Wildman–Crippen LogP) is 2.52. The Morgan fingerprint density at radius 2 is 1.93 bits per heavy atom. The van der Waals surface area contributed by atoms with E-state index in [1.54, 1.807) is 30.0 Å². The number of hydrogen-bond donors (Lipinski definition) is 0. The van der Waals surface area contributed by atoms with Gasteiger partial charge < -0.3 is 23.9 Å². The fourth-order valence-corrected chi connectivity index (χ4v) is 5.45. The van der Waals surface area contributed by atoms with Crippen LogP contribution in [0.2, 0.25) is 0 Å². The Kier molecular flexibility index (Phi) is 7.55. The zero-order valence-electron chi connectivity index (χ0n) is 22.3. The molecule has 1 amide bonds. The maximum absolute atomic E-state index is 14.4. The first kappa shape index (κ1) is 28.0. The van der Waals surface area contributed by atoms with Crippen LogP contribution < -0.4 is 15.2 Å². The fraction of sp³-hybridized carbons (Fsp3) is 0.407. The van der Waals surface area contributed by atoms with Crippen molar-refractivity contribution < 1.29 is 35.3 Å². The first-order valence-electron chi connectivity index (χ1n) is 12.7. The Morgan fingerprint density at radius 3 is 2.65 bits per heavy atom. The molecule has 3 heterocycles. The van der Waals surface area contributed by atoms with E-state index in [0.717, 1.165) is 12.3 Å². The molecule has 1 atom stereocenters. The third-order valence-corrected chi connectivity index (χ3v) is 7.50. The molecule has 3 aromatic rings. The number of amides is 1. The average Bonchev–Trinajstić information content (AvgIpc) is 3.29. The van der Waals surface area contributed by atoms with Gasteiger partial charge in [-0.05, 0) is 24.6 Å². The summed E-state index contributed by atoms with van der Waals surface area (Å²) in [7, 11) is -0.458. The highest BCUT2D eigenvalue weighted by atomic mass is 32.2. The number of fused-ring (bicyclic) bond motifs is 2. The monoisotopic (exact) mass is 577 g/mol. The molecule has 40 heavy (non-hydrogen) atoms. The maximum atomic E-state index is 14.4. The van der Waals surface area contributed by atoms with Gasteiger partial charge in [-0.1, -0.05) is 0 Å². The van der Waals surface area contributed by atoms with E-state index >= 15 is 0 Å².